The van der Waals surface area contributed by atoms with Gasteiger partial charge in [-0.1, -0.05) is 20.0 Å². The largest absolute Gasteiger partial charge is 0.347 e. The van der Waals surface area contributed by atoms with Gasteiger partial charge in [0.15, 0.2) is 16.8 Å². The van der Waals surface area contributed by atoms with Gasteiger partial charge in [0.05, 0.1) is 8.96 Å². The molecule has 1 aliphatic rings. The van der Waals surface area contributed by atoms with Crippen LogP contribution in [0.3, 0.4) is 0 Å². The van der Waals surface area contributed by atoms with Crippen molar-refractivity contribution in [1.82, 2.24) is 8.13 Å². The van der Waals surface area contributed by atoms with Crippen molar-refractivity contribution in [2.24, 2.45) is 0 Å². The molecule has 1 fully saturated rings. The molecule has 78 valence electrons. The third-order valence-corrected chi connectivity index (χ3v) is 23.5. The van der Waals surface area contributed by atoms with Crippen molar-refractivity contribution in [3.05, 3.63) is 0 Å². The highest BCUT2D eigenvalue weighted by Gasteiger charge is 2.60. The first-order valence-corrected chi connectivity index (χ1v) is 13.9. The van der Waals surface area contributed by atoms with Gasteiger partial charge in [-0.3, -0.25) is 0 Å². The molecule has 0 saturated carbocycles. The van der Waals surface area contributed by atoms with Crippen molar-refractivity contribution in [2.45, 2.75) is 46.2 Å². The van der Waals surface area contributed by atoms with E-state index in [0.717, 1.165) is 0 Å². The van der Waals surface area contributed by atoms with E-state index in [0.29, 0.717) is 0 Å². The smallest absolute Gasteiger partial charge is 0.182 e. The van der Waals surface area contributed by atoms with Gasteiger partial charge in [-0.05, 0) is 32.7 Å². The highest BCUT2D eigenvalue weighted by molar-refractivity contribution is 7.10. The molecule has 0 spiro atoms. The molecular weight excluding hydrogens is 208 g/mol. The third kappa shape index (κ3) is 1.50. The average Bonchev–Trinajstić information content (AvgIpc) is 1.81. The summed E-state index contributed by atoms with van der Waals surface area (Å²) in [4.78, 5) is 0. The molecule has 2 nitrogen and oxygen atoms in total. The molecule has 13 heavy (non-hydrogen) atoms. The van der Waals surface area contributed by atoms with E-state index < -0.39 is 25.8 Å². The number of hydrogen-bond acceptors (Lipinski definition) is 2. The van der Waals surface area contributed by atoms with Crippen LogP contribution in [0.5, 0.6) is 0 Å². The second-order valence-corrected chi connectivity index (χ2v) is 17.8. The molecule has 0 radical (unpaired) electrons. The summed E-state index contributed by atoms with van der Waals surface area (Å²) in [6.07, 6.45) is 0. The SMILES string of the molecule is CCN1[Si](C)(C)N([SiH](C)C)[Si]1(C)C. The van der Waals surface area contributed by atoms with Crippen molar-refractivity contribution in [2.75, 3.05) is 6.54 Å². The van der Waals surface area contributed by atoms with Crippen molar-refractivity contribution in [3.8, 4) is 0 Å². The summed E-state index contributed by atoms with van der Waals surface area (Å²) >= 11 is 0. The van der Waals surface area contributed by atoms with Gasteiger partial charge in [-0.25, -0.2) is 0 Å². The minimum Gasteiger partial charge on any atom is -0.347 e. The molecule has 0 aromatic carbocycles. The molecule has 0 bridgehead atoms. The lowest BCUT2D eigenvalue weighted by Crippen LogP contribution is -2.91. The van der Waals surface area contributed by atoms with Crippen molar-refractivity contribution < 1.29 is 0 Å². The van der Waals surface area contributed by atoms with Crippen LogP contribution in [0.25, 0.3) is 0 Å². The van der Waals surface area contributed by atoms with Crippen LogP contribution >= 0.6 is 0 Å². The summed E-state index contributed by atoms with van der Waals surface area (Å²) in [6.45, 7) is 18.6. The lowest BCUT2D eigenvalue weighted by molar-refractivity contribution is 0.494. The lowest BCUT2D eigenvalue weighted by Gasteiger charge is -2.69. The van der Waals surface area contributed by atoms with Gasteiger partial charge >= 0.3 is 0 Å². The number of hydrogen-bond donors (Lipinski definition) is 0. The maximum atomic E-state index is 2.99. The van der Waals surface area contributed by atoms with Gasteiger partial charge in [0.2, 0.25) is 0 Å². The molecule has 0 aromatic heterocycles. The fraction of sp³-hybridized carbons (Fsp3) is 1.00. The van der Waals surface area contributed by atoms with E-state index >= 15 is 0 Å². The predicted molar refractivity (Wildman–Crippen MR) is 68.1 cm³/mol. The predicted octanol–water partition coefficient (Wildman–Crippen LogP) is 2.01. The van der Waals surface area contributed by atoms with Crippen LogP contribution in [-0.2, 0) is 0 Å². The van der Waals surface area contributed by atoms with E-state index in [1.807, 2.05) is 0 Å². The van der Waals surface area contributed by atoms with E-state index in [2.05, 4.69) is 54.3 Å². The summed E-state index contributed by atoms with van der Waals surface area (Å²) in [5, 5.41) is 0. The molecule has 0 atom stereocenters. The van der Waals surface area contributed by atoms with Crippen molar-refractivity contribution in [1.29, 1.82) is 0 Å². The van der Waals surface area contributed by atoms with E-state index in [4.69, 9.17) is 0 Å². The van der Waals surface area contributed by atoms with Crippen LogP contribution in [0.4, 0.5) is 0 Å². The first-order valence-electron chi connectivity index (χ1n) is 5.33. The Morgan fingerprint density at radius 1 is 1.00 bits per heavy atom. The minimum absolute atomic E-state index is 0.565. The fourth-order valence-corrected chi connectivity index (χ4v) is 28.7. The normalized spacial score (nSPS) is 27.7. The van der Waals surface area contributed by atoms with E-state index in [-0.39, 0.29) is 0 Å². The Kier molecular flexibility index (Phi) is 2.96. The van der Waals surface area contributed by atoms with Gasteiger partial charge in [-0.2, -0.15) is 0 Å². The summed E-state index contributed by atoms with van der Waals surface area (Å²) in [5.41, 5.74) is 0. The van der Waals surface area contributed by atoms with Gasteiger partial charge in [0.1, 0.15) is 0 Å². The first kappa shape index (κ1) is 11.6. The van der Waals surface area contributed by atoms with Crippen LogP contribution in [-0.4, -0.2) is 40.4 Å². The molecular formula is C8H24N2Si3. The van der Waals surface area contributed by atoms with Crippen LogP contribution in [0.1, 0.15) is 6.92 Å². The zero-order chi connectivity index (χ0) is 10.4. The van der Waals surface area contributed by atoms with Crippen molar-refractivity contribution in [3.63, 3.8) is 0 Å². The van der Waals surface area contributed by atoms with Crippen molar-refractivity contribution >= 4 is 25.8 Å². The molecule has 1 aliphatic heterocycles. The lowest BCUT2D eigenvalue weighted by atomic mass is 10.8. The number of nitrogens with zero attached hydrogens (tertiary/aromatic N) is 2. The molecule has 1 rings (SSSR count). The molecule has 0 aromatic rings. The topological polar surface area (TPSA) is 6.48 Å². The van der Waals surface area contributed by atoms with Crippen LogP contribution < -0.4 is 0 Å². The Hall–Kier alpha value is 0.571. The summed E-state index contributed by atoms with van der Waals surface area (Å²) in [6, 6.07) is 0. The van der Waals surface area contributed by atoms with E-state index in [1.54, 1.807) is 0 Å². The Morgan fingerprint density at radius 3 is 1.62 bits per heavy atom. The minimum atomic E-state index is -1.12. The second kappa shape index (κ2) is 3.30. The monoisotopic (exact) mass is 232 g/mol. The molecule has 0 unspecified atom stereocenters. The Labute approximate surface area is 86.9 Å². The van der Waals surface area contributed by atoms with Gasteiger partial charge in [-0.15, -0.1) is 0 Å². The Balaban J connectivity index is 2.88. The van der Waals surface area contributed by atoms with E-state index in [9.17, 15) is 0 Å². The highest BCUT2D eigenvalue weighted by atomic mass is 28.5. The summed E-state index contributed by atoms with van der Waals surface area (Å²) in [5.74, 6) is 0. The third-order valence-electron chi connectivity index (χ3n) is 3.33. The van der Waals surface area contributed by atoms with Gasteiger partial charge < -0.3 is 8.13 Å². The molecule has 5 heteroatoms. The zero-order valence-electron chi connectivity index (χ0n) is 10.2. The summed E-state index contributed by atoms with van der Waals surface area (Å²) < 4.78 is 5.84. The van der Waals surface area contributed by atoms with Gasteiger partial charge in [0.25, 0.3) is 0 Å². The molecule has 0 N–H and O–H groups in total. The quantitative estimate of drug-likeness (QED) is 0.672. The molecule has 0 aliphatic carbocycles. The van der Waals surface area contributed by atoms with Crippen LogP contribution in [0.15, 0.2) is 0 Å². The maximum Gasteiger partial charge on any atom is 0.182 e. The average molecular weight is 233 g/mol. The Bertz CT molecular complexity index is 188. The standard InChI is InChI=1S/C8H24N2Si3/c1-8-9-12(4,5)10(11(2)3)13(9,6)7/h11H,8H2,1-7H3. The number of rotatable bonds is 2. The Morgan fingerprint density at radius 2 is 1.38 bits per heavy atom. The second-order valence-electron chi connectivity index (χ2n) is 5.20. The summed E-state index contributed by atoms with van der Waals surface area (Å²) in [7, 11) is -2.80. The van der Waals surface area contributed by atoms with E-state index in [1.165, 1.54) is 6.54 Å². The fourth-order valence-electron chi connectivity index (χ4n) is 3.59. The zero-order valence-corrected chi connectivity index (χ0v) is 13.3. The maximum absolute atomic E-state index is 2.99. The van der Waals surface area contributed by atoms with Crippen LogP contribution in [0, 0.1) is 0 Å². The van der Waals surface area contributed by atoms with Crippen LogP contribution in [0.2, 0.25) is 39.3 Å². The molecule has 0 amide bonds. The molecule has 1 saturated heterocycles. The first-order chi connectivity index (χ1) is 5.76. The van der Waals surface area contributed by atoms with Gasteiger partial charge in [0, 0.05) is 0 Å². The molecule has 1 heterocycles. The highest BCUT2D eigenvalue weighted by Crippen LogP contribution is 2.38.